The molecule has 28 heavy (non-hydrogen) atoms. The van der Waals surface area contributed by atoms with Crippen LogP contribution in [0.25, 0.3) is 0 Å². The number of aromatic nitrogens is 2. The second-order valence-electron chi connectivity index (χ2n) is 5.64. The van der Waals surface area contributed by atoms with Gasteiger partial charge in [-0.05, 0) is 48.6 Å². The number of para-hydroxylation sites is 1. The van der Waals surface area contributed by atoms with Crippen molar-refractivity contribution in [3.8, 4) is 5.75 Å². The van der Waals surface area contributed by atoms with Crippen LogP contribution >= 0.6 is 12.2 Å². The Balaban J connectivity index is 1.57. The third-order valence-corrected chi connectivity index (χ3v) is 3.93. The topological polar surface area (TPSA) is 95.6 Å². The van der Waals surface area contributed by atoms with Crippen LogP contribution in [0.1, 0.15) is 16.2 Å². The lowest BCUT2D eigenvalue weighted by molar-refractivity contribution is -0.117. The maximum absolute atomic E-state index is 12.2. The van der Waals surface area contributed by atoms with E-state index in [1.54, 1.807) is 24.3 Å². The van der Waals surface area contributed by atoms with Gasteiger partial charge in [-0.3, -0.25) is 4.79 Å². The normalized spacial score (nSPS) is 10.3. The molecule has 0 unspecified atom stereocenters. The molecule has 3 rings (SSSR count). The molecule has 0 fully saturated rings. The van der Waals surface area contributed by atoms with Gasteiger partial charge in [0.15, 0.2) is 6.61 Å². The summed E-state index contributed by atoms with van der Waals surface area (Å²) < 4.78 is 16.8. The highest BCUT2D eigenvalue weighted by Crippen LogP contribution is 2.12. The first kappa shape index (κ1) is 19.3. The number of benzene rings is 2. The number of esters is 1. The molecule has 0 saturated carbocycles. The van der Waals surface area contributed by atoms with Crippen molar-refractivity contribution in [3.63, 3.8) is 0 Å². The molecule has 0 aliphatic rings. The minimum Gasteiger partial charge on any atom is -0.484 e. The van der Waals surface area contributed by atoms with E-state index in [4.69, 9.17) is 21.4 Å². The minimum absolute atomic E-state index is 0.0721. The van der Waals surface area contributed by atoms with Crippen LogP contribution in [0.4, 0.5) is 5.69 Å². The quantitative estimate of drug-likeness (QED) is 0.481. The summed E-state index contributed by atoms with van der Waals surface area (Å²) in [5.74, 6) is 0.151. The third kappa shape index (κ3) is 5.04. The van der Waals surface area contributed by atoms with Gasteiger partial charge in [0, 0.05) is 5.69 Å². The Bertz CT molecular complexity index is 1010. The lowest BCUT2D eigenvalue weighted by Crippen LogP contribution is -2.19. The fourth-order valence-electron chi connectivity index (χ4n) is 2.31. The van der Waals surface area contributed by atoms with Crippen molar-refractivity contribution in [3.05, 3.63) is 70.9 Å². The number of hydrogen-bond acceptors (Lipinski definition) is 7. The summed E-state index contributed by atoms with van der Waals surface area (Å²) in [6.45, 7) is -0.0241. The van der Waals surface area contributed by atoms with Crippen molar-refractivity contribution in [1.82, 2.24) is 9.78 Å². The summed E-state index contributed by atoms with van der Waals surface area (Å²) in [6, 6.07) is 15.5. The second kappa shape index (κ2) is 8.96. The number of nitrogens with one attached hydrogen (secondary N) is 1. The number of carbonyl (C=O) groups is 2. The summed E-state index contributed by atoms with van der Waals surface area (Å²) in [6.07, 6.45) is 0. The highest BCUT2D eigenvalue weighted by atomic mass is 32.1. The number of carbonyl (C=O) groups excluding carboxylic acids is 2. The molecule has 2 aromatic carbocycles. The predicted octanol–water partition coefficient (Wildman–Crippen LogP) is 3.21. The Kier molecular flexibility index (Phi) is 6.18. The van der Waals surface area contributed by atoms with E-state index in [1.807, 2.05) is 30.3 Å². The summed E-state index contributed by atoms with van der Waals surface area (Å²) in [5, 5.41) is 6.85. The molecule has 0 aliphatic carbocycles. The third-order valence-electron chi connectivity index (χ3n) is 3.64. The van der Waals surface area contributed by atoms with Gasteiger partial charge < -0.3 is 19.2 Å². The Morgan fingerprint density at radius 3 is 2.54 bits per heavy atom. The molecule has 1 aromatic heterocycles. The van der Waals surface area contributed by atoms with Gasteiger partial charge >= 0.3 is 5.97 Å². The van der Waals surface area contributed by atoms with E-state index in [-0.39, 0.29) is 29.8 Å². The first-order chi connectivity index (χ1) is 13.5. The lowest BCUT2D eigenvalue weighted by atomic mass is 10.2. The van der Waals surface area contributed by atoms with Crippen LogP contribution in [0.2, 0.25) is 0 Å². The first-order valence-corrected chi connectivity index (χ1v) is 8.69. The van der Waals surface area contributed by atoms with Crippen LogP contribution in [0.5, 0.6) is 5.75 Å². The molecule has 8 nitrogen and oxygen atoms in total. The summed E-state index contributed by atoms with van der Waals surface area (Å²) in [5.41, 5.74) is 0.919. The summed E-state index contributed by atoms with van der Waals surface area (Å²) >= 11 is 5.09. The van der Waals surface area contributed by atoms with Crippen LogP contribution in [-0.4, -0.2) is 28.8 Å². The number of anilines is 1. The average molecular weight is 399 g/mol. The van der Waals surface area contributed by atoms with E-state index in [0.29, 0.717) is 17.0 Å². The molecule has 1 amide bonds. The van der Waals surface area contributed by atoms with E-state index in [9.17, 15) is 9.59 Å². The minimum atomic E-state index is -0.447. The van der Waals surface area contributed by atoms with Crippen molar-refractivity contribution in [1.29, 1.82) is 0 Å². The summed E-state index contributed by atoms with van der Waals surface area (Å²) in [7, 11) is 1.30. The molecule has 3 aromatic rings. The van der Waals surface area contributed by atoms with Gasteiger partial charge in [-0.15, -0.1) is 5.10 Å². The zero-order valence-corrected chi connectivity index (χ0v) is 15.8. The van der Waals surface area contributed by atoms with Gasteiger partial charge in [-0.2, -0.15) is 0 Å². The van der Waals surface area contributed by atoms with E-state index in [0.717, 1.165) is 0 Å². The molecular weight excluding hydrogens is 382 g/mol. The zero-order chi connectivity index (χ0) is 19.9. The molecule has 0 aliphatic heterocycles. The molecule has 144 valence electrons. The van der Waals surface area contributed by atoms with Crippen molar-refractivity contribution < 1.29 is 23.5 Å². The zero-order valence-electron chi connectivity index (χ0n) is 15.0. The molecule has 1 N–H and O–H groups in total. The first-order valence-electron chi connectivity index (χ1n) is 8.28. The molecule has 0 atom stereocenters. The maximum atomic E-state index is 12.2. The number of nitrogens with zero attached hydrogens (tertiary/aromatic N) is 2. The number of rotatable bonds is 7. The number of amides is 1. The Hall–Kier alpha value is -3.46. The van der Waals surface area contributed by atoms with E-state index >= 15 is 0 Å². The molecule has 0 radical (unpaired) electrons. The maximum Gasteiger partial charge on any atom is 0.337 e. The van der Waals surface area contributed by atoms with Gasteiger partial charge in [0.25, 0.3) is 10.7 Å². The fraction of sp³-hybridized carbons (Fsp3) is 0.158. The number of methoxy groups -OCH3 is 1. The van der Waals surface area contributed by atoms with Crippen LogP contribution in [0.15, 0.2) is 59.0 Å². The molecule has 1 heterocycles. The van der Waals surface area contributed by atoms with Gasteiger partial charge in [0.05, 0.1) is 12.7 Å². The van der Waals surface area contributed by atoms with Crippen LogP contribution in [0, 0.1) is 4.84 Å². The Morgan fingerprint density at radius 1 is 1.14 bits per heavy atom. The summed E-state index contributed by atoms with van der Waals surface area (Å²) in [4.78, 5) is 23.7. The van der Waals surface area contributed by atoms with Crippen molar-refractivity contribution >= 4 is 29.8 Å². The van der Waals surface area contributed by atoms with Crippen LogP contribution < -0.4 is 10.1 Å². The number of hydrogen-bond donors (Lipinski definition) is 1. The molecule has 0 bridgehead atoms. The number of ether oxygens (including phenoxy) is 2. The van der Waals surface area contributed by atoms with Gasteiger partial charge in [0.2, 0.25) is 5.91 Å². The molecule has 0 saturated heterocycles. The molecule has 9 heteroatoms. The van der Waals surface area contributed by atoms with Crippen molar-refractivity contribution in [2.45, 2.75) is 13.2 Å². The van der Waals surface area contributed by atoms with Gasteiger partial charge in [-0.25, -0.2) is 9.48 Å². The highest BCUT2D eigenvalue weighted by molar-refractivity contribution is 7.71. The van der Waals surface area contributed by atoms with Gasteiger partial charge in [-0.1, -0.05) is 18.2 Å². The fourth-order valence-corrected chi connectivity index (χ4v) is 2.51. The average Bonchev–Trinajstić information content (AvgIpc) is 3.06. The van der Waals surface area contributed by atoms with Crippen molar-refractivity contribution in [2.75, 3.05) is 12.4 Å². The molecular formula is C19H17N3O5S. The second-order valence-corrected chi connectivity index (χ2v) is 5.99. The van der Waals surface area contributed by atoms with Crippen molar-refractivity contribution in [2.24, 2.45) is 0 Å². The standard InChI is InChI=1S/C19H17N3O5S/c1-25-18(24)13-7-9-14(10-8-13)20-16(23)11-22-19(28)27-17(21-22)12-26-15-5-3-2-4-6-15/h2-10H,11-12H2,1H3,(H,20,23). The Labute approximate surface area is 165 Å². The Morgan fingerprint density at radius 2 is 1.86 bits per heavy atom. The SMILES string of the molecule is COC(=O)c1ccc(NC(=O)Cn2nc(COc3ccccc3)oc2=S)cc1. The lowest BCUT2D eigenvalue weighted by Gasteiger charge is -2.06. The molecule has 0 spiro atoms. The van der Waals surface area contributed by atoms with E-state index in [1.165, 1.54) is 11.8 Å². The highest BCUT2D eigenvalue weighted by Gasteiger charge is 2.11. The largest absolute Gasteiger partial charge is 0.484 e. The van der Waals surface area contributed by atoms with Crippen LogP contribution in [-0.2, 0) is 22.7 Å². The van der Waals surface area contributed by atoms with Crippen LogP contribution in [0.3, 0.4) is 0 Å². The van der Waals surface area contributed by atoms with E-state index in [2.05, 4.69) is 15.2 Å². The van der Waals surface area contributed by atoms with Gasteiger partial charge in [0.1, 0.15) is 12.3 Å². The van der Waals surface area contributed by atoms with E-state index < -0.39 is 5.97 Å². The monoisotopic (exact) mass is 399 g/mol. The smallest absolute Gasteiger partial charge is 0.337 e. The predicted molar refractivity (Wildman–Crippen MR) is 103 cm³/mol.